The van der Waals surface area contributed by atoms with E-state index >= 15 is 0 Å². The van der Waals surface area contributed by atoms with Crippen LogP contribution in [0.3, 0.4) is 0 Å². The van der Waals surface area contributed by atoms with Gasteiger partial charge in [0.1, 0.15) is 5.84 Å². The van der Waals surface area contributed by atoms with Gasteiger partial charge in [-0.25, -0.2) is 0 Å². The molecule has 5 N–H and O–H groups in total. The Hall–Kier alpha value is -2.62. The van der Waals surface area contributed by atoms with Gasteiger partial charge in [-0.15, -0.1) is 0 Å². The van der Waals surface area contributed by atoms with Crippen LogP contribution in [0.25, 0.3) is 0 Å². The molecule has 0 aliphatic carbocycles. The predicted molar refractivity (Wildman–Crippen MR) is 75.6 cm³/mol. The van der Waals surface area contributed by atoms with Gasteiger partial charge in [0.05, 0.1) is 0 Å². The highest BCUT2D eigenvalue weighted by atomic mass is 14.9. The monoisotopic (exact) mass is 238 g/mol. The summed E-state index contributed by atoms with van der Waals surface area (Å²) in [4.78, 5) is 0. The van der Waals surface area contributed by atoms with Crippen molar-refractivity contribution in [2.24, 2.45) is 0 Å². The summed E-state index contributed by atoms with van der Waals surface area (Å²) in [5.41, 5.74) is 8.46. The Morgan fingerprint density at radius 3 is 2.50 bits per heavy atom. The highest BCUT2D eigenvalue weighted by molar-refractivity contribution is 6.06. The maximum Gasteiger partial charge on any atom is 0.129 e. The van der Waals surface area contributed by atoms with Crippen LogP contribution in [-0.2, 0) is 0 Å². The van der Waals surface area contributed by atoms with Crippen LogP contribution in [0.4, 0.5) is 11.4 Å². The molecule has 0 saturated heterocycles. The second-order valence-electron chi connectivity index (χ2n) is 3.85. The molecule has 2 aromatic carbocycles. The van der Waals surface area contributed by atoms with E-state index in [0.717, 1.165) is 11.3 Å². The summed E-state index contributed by atoms with van der Waals surface area (Å²) in [5.74, 6) is 0.316. The normalized spacial score (nSPS) is 9.78. The van der Waals surface area contributed by atoms with Gasteiger partial charge in [0, 0.05) is 28.7 Å². The minimum Gasteiger partial charge on any atom is -0.398 e. The van der Waals surface area contributed by atoms with Crippen LogP contribution in [0.5, 0.6) is 0 Å². The standard InChI is InChI=1S/C14H14N4/c15-9-11-8-12(6-7-13(11)16)18-14(17)10-4-2-1-3-5-10/h1-9,15H,16H2,(H2,17,18). The molecule has 4 heteroatoms. The maximum absolute atomic E-state index is 7.95. The van der Waals surface area contributed by atoms with Crippen LogP contribution in [0.1, 0.15) is 11.1 Å². The molecule has 2 rings (SSSR count). The Morgan fingerprint density at radius 2 is 1.83 bits per heavy atom. The van der Waals surface area contributed by atoms with Gasteiger partial charge >= 0.3 is 0 Å². The van der Waals surface area contributed by atoms with Crippen molar-refractivity contribution in [1.82, 2.24) is 0 Å². The summed E-state index contributed by atoms with van der Waals surface area (Å²) in [6, 6.07) is 14.7. The molecule has 0 aromatic heterocycles. The lowest BCUT2D eigenvalue weighted by Crippen LogP contribution is -2.12. The molecule has 90 valence electrons. The zero-order chi connectivity index (χ0) is 13.0. The van der Waals surface area contributed by atoms with Crippen LogP contribution in [-0.4, -0.2) is 12.1 Å². The van der Waals surface area contributed by atoms with Crippen molar-refractivity contribution in [3.05, 3.63) is 59.7 Å². The summed E-state index contributed by atoms with van der Waals surface area (Å²) in [6.45, 7) is 0. The van der Waals surface area contributed by atoms with Gasteiger partial charge in [0.25, 0.3) is 0 Å². The average molecular weight is 238 g/mol. The largest absolute Gasteiger partial charge is 0.398 e. The van der Waals surface area contributed by atoms with E-state index < -0.39 is 0 Å². The Bertz CT molecular complexity index is 576. The summed E-state index contributed by atoms with van der Waals surface area (Å²) in [6.07, 6.45) is 1.20. The van der Waals surface area contributed by atoms with E-state index in [1.54, 1.807) is 18.2 Å². The topological polar surface area (TPSA) is 85.8 Å². The van der Waals surface area contributed by atoms with Gasteiger partial charge in [0.2, 0.25) is 0 Å². The first-order valence-electron chi connectivity index (χ1n) is 5.51. The molecule has 0 unspecified atom stereocenters. The van der Waals surface area contributed by atoms with Gasteiger partial charge in [-0.05, 0) is 18.2 Å². The highest BCUT2D eigenvalue weighted by Gasteiger charge is 2.03. The van der Waals surface area contributed by atoms with Gasteiger partial charge in [-0.2, -0.15) is 0 Å². The molecule has 0 radical (unpaired) electrons. The molecule has 0 saturated carbocycles. The van der Waals surface area contributed by atoms with E-state index in [2.05, 4.69) is 5.32 Å². The molecule has 0 aliphatic rings. The van der Waals surface area contributed by atoms with Gasteiger partial charge < -0.3 is 16.5 Å². The molecule has 0 amide bonds. The van der Waals surface area contributed by atoms with E-state index in [-0.39, 0.29) is 0 Å². The first-order valence-corrected chi connectivity index (χ1v) is 5.51. The lowest BCUT2D eigenvalue weighted by molar-refractivity contribution is 1.44. The quantitative estimate of drug-likeness (QED) is 0.376. The molecule has 18 heavy (non-hydrogen) atoms. The molecular formula is C14H14N4. The maximum atomic E-state index is 7.95. The van der Waals surface area contributed by atoms with Crippen LogP contribution >= 0.6 is 0 Å². The Balaban J connectivity index is 2.20. The fourth-order valence-electron chi connectivity index (χ4n) is 1.60. The number of amidine groups is 1. The minimum atomic E-state index is 0.316. The first-order chi connectivity index (χ1) is 8.70. The number of nitrogens with one attached hydrogen (secondary N) is 3. The van der Waals surface area contributed by atoms with Crippen LogP contribution in [0, 0.1) is 10.8 Å². The first kappa shape index (κ1) is 11.9. The van der Waals surface area contributed by atoms with E-state index in [1.165, 1.54) is 6.21 Å². The third kappa shape index (κ3) is 2.55. The Labute approximate surface area is 105 Å². The van der Waals surface area contributed by atoms with Crippen molar-refractivity contribution in [3.63, 3.8) is 0 Å². The van der Waals surface area contributed by atoms with Crippen molar-refractivity contribution in [1.29, 1.82) is 10.8 Å². The Morgan fingerprint density at radius 1 is 1.11 bits per heavy atom. The lowest BCUT2D eigenvalue weighted by atomic mass is 10.1. The molecule has 2 aromatic rings. The fraction of sp³-hybridized carbons (Fsp3) is 0. The van der Waals surface area contributed by atoms with E-state index in [4.69, 9.17) is 16.6 Å². The fourth-order valence-corrected chi connectivity index (χ4v) is 1.60. The molecule has 0 heterocycles. The molecule has 0 bridgehead atoms. The molecule has 0 aliphatic heterocycles. The third-order valence-corrected chi connectivity index (χ3v) is 2.57. The smallest absolute Gasteiger partial charge is 0.129 e. The molecule has 0 atom stereocenters. The average Bonchev–Trinajstić information content (AvgIpc) is 2.42. The van der Waals surface area contributed by atoms with E-state index in [9.17, 15) is 0 Å². The summed E-state index contributed by atoms with van der Waals surface area (Å²) < 4.78 is 0. The number of anilines is 2. The summed E-state index contributed by atoms with van der Waals surface area (Å²) in [7, 11) is 0. The van der Waals surface area contributed by atoms with Gasteiger partial charge in [-0.1, -0.05) is 30.3 Å². The van der Waals surface area contributed by atoms with Gasteiger partial charge in [-0.3, -0.25) is 5.41 Å². The van der Waals surface area contributed by atoms with Crippen LogP contribution < -0.4 is 11.1 Å². The van der Waals surface area contributed by atoms with Crippen LogP contribution in [0.15, 0.2) is 48.5 Å². The highest BCUT2D eigenvalue weighted by Crippen LogP contribution is 2.16. The lowest BCUT2D eigenvalue weighted by Gasteiger charge is -2.09. The number of nitrogens with two attached hydrogens (primary N) is 1. The van der Waals surface area contributed by atoms with Crippen molar-refractivity contribution in [2.75, 3.05) is 11.1 Å². The van der Waals surface area contributed by atoms with Crippen molar-refractivity contribution < 1.29 is 0 Å². The second kappa shape index (κ2) is 5.14. The minimum absolute atomic E-state index is 0.316. The van der Waals surface area contributed by atoms with E-state index in [1.807, 2.05) is 30.3 Å². The van der Waals surface area contributed by atoms with Crippen LogP contribution in [0.2, 0.25) is 0 Å². The SMILES string of the molecule is N=Cc1cc(NC(=N)c2ccccc2)ccc1N. The molecule has 0 fully saturated rings. The van der Waals surface area contributed by atoms with Crippen molar-refractivity contribution in [2.45, 2.75) is 0 Å². The molecular weight excluding hydrogens is 224 g/mol. The van der Waals surface area contributed by atoms with E-state index in [0.29, 0.717) is 17.1 Å². The number of benzene rings is 2. The molecule has 0 spiro atoms. The van der Waals surface area contributed by atoms with Crippen molar-refractivity contribution >= 4 is 23.4 Å². The third-order valence-electron chi connectivity index (χ3n) is 2.57. The predicted octanol–water partition coefficient (Wildman–Crippen LogP) is 2.70. The zero-order valence-corrected chi connectivity index (χ0v) is 9.77. The zero-order valence-electron chi connectivity index (χ0n) is 9.77. The van der Waals surface area contributed by atoms with Gasteiger partial charge in [0.15, 0.2) is 0 Å². The number of nitrogen functional groups attached to an aromatic ring is 1. The summed E-state index contributed by atoms with van der Waals surface area (Å²) >= 11 is 0. The Kier molecular flexibility index (Phi) is 3.38. The second-order valence-corrected chi connectivity index (χ2v) is 3.85. The summed E-state index contributed by atoms with van der Waals surface area (Å²) in [5, 5.41) is 18.2. The van der Waals surface area contributed by atoms with Crippen molar-refractivity contribution in [3.8, 4) is 0 Å². The number of hydrogen-bond donors (Lipinski definition) is 4. The molecule has 4 nitrogen and oxygen atoms in total. The number of rotatable bonds is 3. The number of hydrogen-bond acceptors (Lipinski definition) is 3.